The molecule has 2 N–H and O–H groups in total. The summed E-state index contributed by atoms with van der Waals surface area (Å²) in [5, 5.41) is 5.87. The first-order valence-electron chi connectivity index (χ1n) is 8.93. The van der Waals surface area contributed by atoms with Gasteiger partial charge in [0.05, 0.1) is 0 Å². The third-order valence-electron chi connectivity index (χ3n) is 4.26. The molecular weight excluding hydrogens is 360 g/mol. The van der Waals surface area contributed by atoms with E-state index in [1.165, 1.54) is 6.92 Å². The smallest absolute Gasteiger partial charge is 0.272 e. The van der Waals surface area contributed by atoms with Gasteiger partial charge in [0.15, 0.2) is 0 Å². The highest BCUT2D eigenvalue weighted by molar-refractivity contribution is 5.93. The Morgan fingerprint density at radius 1 is 1.07 bits per heavy atom. The van der Waals surface area contributed by atoms with Crippen molar-refractivity contribution in [1.82, 2.24) is 19.8 Å². The lowest BCUT2D eigenvalue weighted by Gasteiger charge is -2.32. The molecule has 1 fully saturated rings. The topological polar surface area (TPSA) is 108 Å². The third-order valence-corrected chi connectivity index (χ3v) is 4.26. The molecule has 146 valence electrons. The minimum absolute atomic E-state index is 0.155. The SMILES string of the molecule is CC(=O)Nc1cccc(Nc2cc(C(=O)N3CCN(C=O)CC3)nc(C)n2)c1. The quantitative estimate of drug-likeness (QED) is 0.757. The van der Waals surface area contributed by atoms with Crippen LogP contribution in [0.2, 0.25) is 0 Å². The second kappa shape index (κ2) is 8.47. The Bertz CT molecular complexity index is 893. The fraction of sp³-hybridized carbons (Fsp3) is 0.316. The first-order chi connectivity index (χ1) is 13.4. The van der Waals surface area contributed by atoms with E-state index in [-0.39, 0.29) is 11.8 Å². The summed E-state index contributed by atoms with van der Waals surface area (Å²) in [5.41, 5.74) is 1.68. The molecule has 0 radical (unpaired) electrons. The number of carbonyl (C=O) groups excluding carboxylic acids is 3. The van der Waals surface area contributed by atoms with Crippen LogP contribution >= 0.6 is 0 Å². The van der Waals surface area contributed by atoms with Crippen molar-refractivity contribution in [2.45, 2.75) is 13.8 Å². The van der Waals surface area contributed by atoms with E-state index < -0.39 is 0 Å². The maximum absolute atomic E-state index is 12.8. The van der Waals surface area contributed by atoms with Crippen LogP contribution in [0.1, 0.15) is 23.2 Å². The van der Waals surface area contributed by atoms with Crippen LogP contribution in [-0.2, 0) is 9.59 Å². The first-order valence-corrected chi connectivity index (χ1v) is 8.93. The molecule has 2 heterocycles. The molecular formula is C19H22N6O3. The molecule has 1 aromatic heterocycles. The van der Waals surface area contributed by atoms with Gasteiger partial charge < -0.3 is 20.4 Å². The Labute approximate surface area is 162 Å². The van der Waals surface area contributed by atoms with Gasteiger partial charge in [0.25, 0.3) is 5.91 Å². The Hall–Kier alpha value is -3.49. The lowest BCUT2D eigenvalue weighted by molar-refractivity contribution is -0.119. The van der Waals surface area contributed by atoms with Gasteiger partial charge in [-0.25, -0.2) is 9.97 Å². The molecule has 9 heteroatoms. The summed E-state index contributed by atoms with van der Waals surface area (Å²) in [7, 11) is 0. The van der Waals surface area contributed by atoms with E-state index in [2.05, 4.69) is 20.6 Å². The maximum atomic E-state index is 12.8. The zero-order valence-electron chi connectivity index (χ0n) is 15.8. The van der Waals surface area contributed by atoms with E-state index in [1.807, 2.05) is 6.07 Å². The average Bonchev–Trinajstić information content (AvgIpc) is 2.67. The van der Waals surface area contributed by atoms with E-state index in [9.17, 15) is 14.4 Å². The normalized spacial score (nSPS) is 13.8. The number of carbonyl (C=O) groups is 3. The van der Waals surface area contributed by atoms with Crippen molar-refractivity contribution in [2.75, 3.05) is 36.8 Å². The number of benzene rings is 1. The van der Waals surface area contributed by atoms with Crippen molar-refractivity contribution >= 4 is 35.4 Å². The standard InChI is InChI=1S/C19H22N6O3/c1-13-20-17(19(28)25-8-6-24(12-26)7-9-25)11-18(21-13)23-16-5-3-4-15(10-16)22-14(2)27/h3-5,10-12H,6-9H2,1-2H3,(H,22,27)(H,20,21,23). The van der Waals surface area contributed by atoms with Gasteiger partial charge in [0.1, 0.15) is 17.3 Å². The molecule has 0 bridgehead atoms. The predicted molar refractivity (Wildman–Crippen MR) is 104 cm³/mol. The first kappa shape index (κ1) is 19.3. The molecule has 0 saturated carbocycles. The van der Waals surface area contributed by atoms with Gasteiger partial charge in [-0.2, -0.15) is 0 Å². The Morgan fingerprint density at radius 3 is 2.46 bits per heavy atom. The second-order valence-corrected chi connectivity index (χ2v) is 6.51. The van der Waals surface area contributed by atoms with Gasteiger partial charge in [0.2, 0.25) is 12.3 Å². The number of hydrogen-bond acceptors (Lipinski definition) is 6. The van der Waals surface area contributed by atoms with Crippen LogP contribution in [0.25, 0.3) is 0 Å². The maximum Gasteiger partial charge on any atom is 0.272 e. The summed E-state index contributed by atoms with van der Waals surface area (Å²) in [6.07, 6.45) is 0.799. The minimum Gasteiger partial charge on any atom is -0.342 e. The van der Waals surface area contributed by atoms with E-state index in [0.717, 1.165) is 12.1 Å². The van der Waals surface area contributed by atoms with Crippen molar-refractivity contribution in [3.63, 3.8) is 0 Å². The average molecular weight is 382 g/mol. The number of nitrogens with one attached hydrogen (secondary N) is 2. The largest absolute Gasteiger partial charge is 0.342 e. The molecule has 0 atom stereocenters. The molecule has 2 aromatic rings. The van der Waals surface area contributed by atoms with Gasteiger partial charge in [0, 0.05) is 50.5 Å². The lowest BCUT2D eigenvalue weighted by atomic mass is 10.2. The van der Waals surface area contributed by atoms with Gasteiger partial charge in [-0.3, -0.25) is 14.4 Å². The Kier molecular flexibility index (Phi) is 5.83. The summed E-state index contributed by atoms with van der Waals surface area (Å²) >= 11 is 0. The number of nitrogens with zero attached hydrogens (tertiary/aromatic N) is 4. The lowest BCUT2D eigenvalue weighted by Crippen LogP contribution is -2.48. The molecule has 0 unspecified atom stereocenters. The second-order valence-electron chi connectivity index (χ2n) is 6.51. The summed E-state index contributed by atoms with van der Waals surface area (Å²) < 4.78 is 0. The number of aromatic nitrogens is 2. The predicted octanol–water partition coefficient (Wildman–Crippen LogP) is 1.40. The fourth-order valence-corrected chi connectivity index (χ4v) is 2.96. The van der Waals surface area contributed by atoms with Crippen molar-refractivity contribution in [3.05, 3.63) is 41.9 Å². The van der Waals surface area contributed by atoms with Crippen LogP contribution in [0.5, 0.6) is 0 Å². The van der Waals surface area contributed by atoms with Crippen molar-refractivity contribution in [1.29, 1.82) is 0 Å². The summed E-state index contributed by atoms with van der Waals surface area (Å²) in [4.78, 5) is 46.8. The Balaban J connectivity index is 1.75. The highest BCUT2D eigenvalue weighted by Crippen LogP contribution is 2.20. The van der Waals surface area contributed by atoms with Crippen LogP contribution in [0, 0.1) is 6.92 Å². The molecule has 3 rings (SSSR count). The van der Waals surface area contributed by atoms with E-state index >= 15 is 0 Å². The highest BCUT2D eigenvalue weighted by Gasteiger charge is 2.23. The number of amides is 3. The van der Waals surface area contributed by atoms with Crippen LogP contribution in [-0.4, -0.2) is 64.2 Å². The van der Waals surface area contributed by atoms with E-state index in [0.29, 0.717) is 49.2 Å². The molecule has 28 heavy (non-hydrogen) atoms. The molecule has 1 saturated heterocycles. The van der Waals surface area contributed by atoms with E-state index in [4.69, 9.17) is 0 Å². The van der Waals surface area contributed by atoms with Crippen LogP contribution < -0.4 is 10.6 Å². The number of anilines is 3. The number of rotatable bonds is 5. The highest BCUT2D eigenvalue weighted by atomic mass is 16.2. The molecule has 1 aliphatic heterocycles. The summed E-state index contributed by atoms with van der Waals surface area (Å²) in [6, 6.07) is 8.81. The van der Waals surface area contributed by atoms with Gasteiger partial charge >= 0.3 is 0 Å². The number of aryl methyl sites for hydroxylation is 1. The molecule has 3 amide bonds. The van der Waals surface area contributed by atoms with Crippen molar-refractivity contribution in [3.8, 4) is 0 Å². The zero-order chi connectivity index (χ0) is 20.1. The van der Waals surface area contributed by atoms with Crippen molar-refractivity contribution < 1.29 is 14.4 Å². The van der Waals surface area contributed by atoms with Crippen LogP contribution in [0.4, 0.5) is 17.2 Å². The summed E-state index contributed by atoms with van der Waals surface area (Å²) in [5.74, 6) is 0.615. The molecule has 1 aliphatic rings. The minimum atomic E-state index is -0.189. The summed E-state index contributed by atoms with van der Waals surface area (Å²) in [6.45, 7) is 5.14. The van der Waals surface area contributed by atoms with Gasteiger partial charge in [-0.1, -0.05) is 6.07 Å². The monoisotopic (exact) mass is 382 g/mol. The third kappa shape index (κ3) is 4.81. The van der Waals surface area contributed by atoms with E-state index in [1.54, 1.807) is 41.0 Å². The number of hydrogen-bond donors (Lipinski definition) is 2. The fourth-order valence-electron chi connectivity index (χ4n) is 2.96. The molecule has 1 aromatic carbocycles. The molecule has 0 aliphatic carbocycles. The molecule has 0 spiro atoms. The van der Waals surface area contributed by atoms with Crippen LogP contribution in [0.15, 0.2) is 30.3 Å². The zero-order valence-corrected chi connectivity index (χ0v) is 15.8. The molecule has 9 nitrogen and oxygen atoms in total. The van der Waals surface area contributed by atoms with Gasteiger partial charge in [-0.15, -0.1) is 0 Å². The van der Waals surface area contributed by atoms with Crippen LogP contribution in [0.3, 0.4) is 0 Å². The van der Waals surface area contributed by atoms with Gasteiger partial charge in [-0.05, 0) is 25.1 Å². The Morgan fingerprint density at radius 2 is 1.79 bits per heavy atom. The number of piperazine rings is 1. The van der Waals surface area contributed by atoms with Crippen molar-refractivity contribution in [2.24, 2.45) is 0 Å².